The largest absolute Gasteiger partial charge is 0.326 e. The van der Waals surface area contributed by atoms with Gasteiger partial charge in [-0.1, -0.05) is 24.3 Å². The summed E-state index contributed by atoms with van der Waals surface area (Å²) in [7, 11) is -3.36. The van der Waals surface area contributed by atoms with E-state index in [2.05, 4.69) is 20.7 Å². The van der Waals surface area contributed by atoms with Crippen molar-refractivity contribution in [1.82, 2.24) is 4.72 Å². The van der Waals surface area contributed by atoms with E-state index >= 15 is 0 Å². The molecule has 0 fully saturated rings. The maximum Gasteiger partial charge on any atom is 0.216 e. The summed E-state index contributed by atoms with van der Waals surface area (Å²) in [4.78, 5) is 0.962. The Balaban J connectivity index is 2.02. The number of hydrogen-bond acceptors (Lipinski definition) is 4. The topological polar surface area (TPSA) is 72.2 Å². The lowest BCUT2D eigenvalue weighted by atomic mass is 10.1. The second kappa shape index (κ2) is 6.82. The first-order chi connectivity index (χ1) is 9.50. The normalized spacial score (nSPS) is 11.7. The second-order valence-electron chi connectivity index (χ2n) is 4.30. The molecule has 7 heteroatoms. The lowest BCUT2D eigenvalue weighted by molar-refractivity contribution is 0.581. The number of hydrogen-bond donors (Lipinski definition) is 2. The Morgan fingerprint density at radius 1 is 1.25 bits per heavy atom. The van der Waals surface area contributed by atoms with E-state index in [1.165, 1.54) is 11.3 Å². The highest BCUT2D eigenvalue weighted by Crippen LogP contribution is 2.22. The molecule has 0 aliphatic rings. The van der Waals surface area contributed by atoms with E-state index in [1.807, 2.05) is 29.6 Å². The molecule has 108 valence electrons. The van der Waals surface area contributed by atoms with Gasteiger partial charge in [0, 0.05) is 22.4 Å². The van der Waals surface area contributed by atoms with Crippen LogP contribution in [0, 0.1) is 0 Å². The van der Waals surface area contributed by atoms with Crippen molar-refractivity contribution in [3.05, 3.63) is 56.2 Å². The van der Waals surface area contributed by atoms with Gasteiger partial charge in [-0.15, -0.1) is 11.3 Å². The molecule has 0 radical (unpaired) electrons. The molecule has 0 spiro atoms. The number of nitrogens with one attached hydrogen (secondary N) is 1. The Kier molecular flexibility index (Phi) is 5.34. The average Bonchev–Trinajstić information content (AvgIpc) is 2.82. The molecule has 3 N–H and O–H groups in total. The predicted octanol–water partition coefficient (Wildman–Crippen LogP) is 2.59. The molecule has 4 nitrogen and oxygen atoms in total. The van der Waals surface area contributed by atoms with Crippen molar-refractivity contribution in [1.29, 1.82) is 0 Å². The Morgan fingerprint density at radius 3 is 2.65 bits per heavy atom. The van der Waals surface area contributed by atoms with E-state index < -0.39 is 10.0 Å². The van der Waals surface area contributed by atoms with Crippen molar-refractivity contribution in [3.63, 3.8) is 0 Å². The van der Waals surface area contributed by atoms with Gasteiger partial charge in [-0.05, 0) is 38.5 Å². The Morgan fingerprint density at radius 2 is 2.00 bits per heavy atom. The van der Waals surface area contributed by atoms with E-state index in [9.17, 15) is 8.42 Å². The first-order valence-corrected chi connectivity index (χ1v) is 9.30. The number of nitrogens with two attached hydrogens (primary N) is 1. The Labute approximate surface area is 131 Å². The lowest BCUT2D eigenvalue weighted by Gasteiger charge is -2.07. The monoisotopic (exact) mass is 374 g/mol. The van der Waals surface area contributed by atoms with Crippen molar-refractivity contribution < 1.29 is 8.42 Å². The zero-order chi connectivity index (χ0) is 14.6. The van der Waals surface area contributed by atoms with Crippen LogP contribution in [-0.4, -0.2) is 8.42 Å². The third-order valence-corrected chi connectivity index (χ3v) is 5.95. The molecule has 2 aromatic rings. The van der Waals surface area contributed by atoms with Crippen molar-refractivity contribution in [3.8, 4) is 0 Å². The van der Waals surface area contributed by atoms with Gasteiger partial charge in [0.15, 0.2) is 0 Å². The molecular formula is C13H15BrN2O2S2. The van der Waals surface area contributed by atoms with Crippen LogP contribution in [0.3, 0.4) is 0 Å². The molecule has 0 unspecified atom stereocenters. The molecule has 1 heterocycles. The molecule has 0 saturated heterocycles. The molecule has 2 rings (SSSR count). The maximum atomic E-state index is 12.1. The van der Waals surface area contributed by atoms with Crippen LogP contribution < -0.4 is 10.5 Å². The first-order valence-electron chi connectivity index (χ1n) is 5.97. The summed E-state index contributed by atoms with van der Waals surface area (Å²) in [5.74, 6) is -0.0379. The highest BCUT2D eigenvalue weighted by atomic mass is 79.9. The molecule has 0 aliphatic heterocycles. The molecule has 0 bridgehead atoms. The van der Waals surface area contributed by atoms with Crippen LogP contribution in [0.25, 0.3) is 0 Å². The molecule has 0 atom stereocenters. The van der Waals surface area contributed by atoms with Gasteiger partial charge in [0.25, 0.3) is 0 Å². The SMILES string of the molecule is NCc1cccc(CS(=O)(=O)NCc2sccc2Br)c1. The van der Waals surface area contributed by atoms with E-state index in [-0.39, 0.29) is 5.75 Å². The van der Waals surface area contributed by atoms with E-state index in [4.69, 9.17) is 5.73 Å². The smallest absolute Gasteiger partial charge is 0.216 e. The summed E-state index contributed by atoms with van der Waals surface area (Å²) in [5, 5.41) is 1.92. The standard InChI is InChI=1S/C13H15BrN2O2S2/c14-12-4-5-19-13(12)8-16-20(17,18)9-11-3-1-2-10(6-11)7-15/h1-6,16H,7-9,15H2. The van der Waals surface area contributed by atoms with Gasteiger partial charge in [-0.3, -0.25) is 0 Å². The number of thiophene rings is 1. The van der Waals surface area contributed by atoms with Gasteiger partial charge in [0.2, 0.25) is 10.0 Å². The van der Waals surface area contributed by atoms with Crippen LogP contribution in [0.5, 0.6) is 0 Å². The zero-order valence-corrected chi connectivity index (χ0v) is 13.9. The second-order valence-corrected chi connectivity index (χ2v) is 7.96. The van der Waals surface area contributed by atoms with Crippen LogP contribution in [0.2, 0.25) is 0 Å². The van der Waals surface area contributed by atoms with Gasteiger partial charge >= 0.3 is 0 Å². The summed E-state index contributed by atoms with van der Waals surface area (Å²) in [6.07, 6.45) is 0. The zero-order valence-electron chi connectivity index (χ0n) is 10.7. The predicted molar refractivity (Wildman–Crippen MR) is 85.8 cm³/mol. The molecule has 0 saturated carbocycles. The number of sulfonamides is 1. The number of halogens is 1. The molecule has 1 aromatic carbocycles. The summed E-state index contributed by atoms with van der Waals surface area (Å²) >= 11 is 4.89. The van der Waals surface area contributed by atoms with E-state index in [0.717, 1.165) is 20.5 Å². The average molecular weight is 375 g/mol. The van der Waals surface area contributed by atoms with Crippen LogP contribution in [0.1, 0.15) is 16.0 Å². The van der Waals surface area contributed by atoms with E-state index in [1.54, 1.807) is 6.07 Å². The highest BCUT2D eigenvalue weighted by Gasteiger charge is 2.13. The Hall–Kier alpha value is -0.730. The first kappa shape index (κ1) is 15.7. The summed E-state index contributed by atoms with van der Waals surface area (Å²) < 4.78 is 27.6. The molecule has 20 heavy (non-hydrogen) atoms. The van der Waals surface area contributed by atoms with E-state index in [0.29, 0.717) is 13.1 Å². The van der Waals surface area contributed by atoms with Gasteiger partial charge < -0.3 is 5.73 Å². The van der Waals surface area contributed by atoms with Crippen molar-refractivity contribution in [2.45, 2.75) is 18.8 Å². The quantitative estimate of drug-likeness (QED) is 0.815. The fraction of sp³-hybridized carbons (Fsp3) is 0.231. The summed E-state index contributed by atoms with van der Waals surface area (Å²) in [6.45, 7) is 0.709. The minimum absolute atomic E-state index is 0.0379. The minimum atomic E-state index is -3.36. The van der Waals surface area contributed by atoms with Crippen LogP contribution in [-0.2, 0) is 28.9 Å². The van der Waals surface area contributed by atoms with Crippen LogP contribution >= 0.6 is 27.3 Å². The summed E-state index contributed by atoms with van der Waals surface area (Å²) in [6, 6.07) is 9.22. The minimum Gasteiger partial charge on any atom is -0.326 e. The van der Waals surface area contributed by atoms with Crippen molar-refractivity contribution >= 4 is 37.3 Å². The maximum absolute atomic E-state index is 12.1. The molecule has 0 aliphatic carbocycles. The van der Waals surface area contributed by atoms with Gasteiger partial charge in [-0.25, -0.2) is 13.1 Å². The molecule has 0 amide bonds. The van der Waals surface area contributed by atoms with Crippen LogP contribution in [0.15, 0.2) is 40.2 Å². The lowest BCUT2D eigenvalue weighted by Crippen LogP contribution is -2.24. The highest BCUT2D eigenvalue weighted by molar-refractivity contribution is 9.10. The number of rotatable bonds is 6. The third kappa shape index (κ3) is 4.39. The van der Waals surface area contributed by atoms with Crippen molar-refractivity contribution in [2.75, 3.05) is 0 Å². The fourth-order valence-corrected chi connectivity index (χ4v) is 4.35. The van der Waals surface area contributed by atoms with Crippen LogP contribution in [0.4, 0.5) is 0 Å². The molecular weight excluding hydrogens is 360 g/mol. The number of benzene rings is 1. The van der Waals surface area contributed by atoms with Gasteiger partial charge in [-0.2, -0.15) is 0 Å². The fourth-order valence-electron chi connectivity index (χ4n) is 1.74. The van der Waals surface area contributed by atoms with Gasteiger partial charge in [0.1, 0.15) is 0 Å². The Bertz CT molecular complexity index is 683. The van der Waals surface area contributed by atoms with Crippen molar-refractivity contribution in [2.24, 2.45) is 5.73 Å². The third-order valence-electron chi connectivity index (χ3n) is 2.73. The summed E-state index contributed by atoms with van der Waals surface area (Å²) in [5.41, 5.74) is 7.22. The van der Waals surface area contributed by atoms with Gasteiger partial charge in [0.05, 0.1) is 5.75 Å². The molecule has 1 aromatic heterocycles.